The minimum absolute atomic E-state index is 0.831. The van der Waals surface area contributed by atoms with Gasteiger partial charge in [0, 0.05) is 16.7 Å². The maximum Gasteiger partial charge on any atom is 0.142 e. The zero-order valence-corrected chi connectivity index (χ0v) is 10.8. The van der Waals surface area contributed by atoms with Crippen molar-refractivity contribution in [2.45, 2.75) is 0 Å². The normalized spacial score (nSPS) is 11.1. The van der Waals surface area contributed by atoms with Crippen LogP contribution in [0.3, 0.4) is 0 Å². The average Bonchev–Trinajstić information content (AvgIpc) is 2.64. The van der Waals surface area contributed by atoms with E-state index in [4.69, 9.17) is 0 Å². The van der Waals surface area contributed by atoms with E-state index in [1.807, 2.05) is 17.5 Å². The van der Waals surface area contributed by atoms with Crippen LogP contribution in [-0.4, -0.2) is 21.4 Å². The minimum atomic E-state index is 0.831. The van der Waals surface area contributed by atoms with Crippen molar-refractivity contribution >= 4 is 45.1 Å². The number of imidazole rings is 1. The smallest absolute Gasteiger partial charge is 0.142 e. The second kappa shape index (κ2) is 3.58. The van der Waals surface area contributed by atoms with Gasteiger partial charge in [-0.15, -0.1) is 0 Å². The monoisotopic (exact) mass is 320 g/mol. The summed E-state index contributed by atoms with van der Waals surface area (Å²) in [6, 6.07) is 8.15. The lowest BCUT2D eigenvalue weighted by Crippen LogP contribution is -1.94. The van der Waals surface area contributed by atoms with Crippen molar-refractivity contribution in [3.63, 3.8) is 0 Å². The summed E-state index contributed by atoms with van der Waals surface area (Å²) in [6.45, 7) is 0. The molecular formula is C11H9IN4. The highest BCUT2D eigenvalue weighted by molar-refractivity contribution is 14.1. The largest absolute Gasteiger partial charge is 0.373 e. The second-order valence-corrected chi connectivity index (χ2v) is 4.74. The summed E-state index contributed by atoms with van der Waals surface area (Å²) in [5.41, 5.74) is 3.00. The van der Waals surface area contributed by atoms with Crippen molar-refractivity contribution in [2.75, 3.05) is 12.4 Å². The molecule has 1 N–H and O–H groups in total. The number of rotatable bonds is 1. The number of nitrogens with zero attached hydrogens (tertiary/aromatic N) is 3. The van der Waals surface area contributed by atoms with Gasteiger partial charge < -0.3 is 5.32 Å². The Bertz CT molecular complexity index is 674. The number of aromatic nitrogens is 3. The molecule has 0 saturated carbocycles. The summed E-state index contributed by atoms with van der Waals surface area (Å²) >= 11 is 2.29. The first kappa shape index (κ1) is 9.83. The molecule has 1 aromatic carbocycles. The zero-order chi connectivity index (χ0) is 11.1. The van der Waals surface area contributed by atoms with Gasteiger partial charge in [-0.2, -0.15) is 0 Å². The number of hydrogen-bond donors (Lipinski definition) is 1. The van der Waals surface area contributed by atoms with Crippen LogP contribution < -0.4 is 5.32 Å². The van der Waals surface area contributed by atoms with E-state index in [2.05, 4.69) is 56.1 Å². The fraction of sp³-hybridized carbons (Fsp3) is 0.0909. The summed E-state index contributed by atoms with van der Waals surface area (Å²) < 4.78 is 3.18. The lowest BCUT2D eigenvalue weighted by molar-refractivity contribution is 1.11. The van der Waals surface area contributed by atoms with Gasteiger partial charge in [-0.05, 0) is 40.8 Å². The molecule has 0 unspecified atom stereocenters. The van der Waals surface area contributed by atoms with Gasteiger partial charge in [0.25, 0.3) is 0 Å². The third-order valence-corrected chi connectivity index (χ3v) is 3.18. The number of benzene rings is 1. The molecule has 0 aliphatic carbocycles. The van der Waals surface area contributed by atoms with Gasteiger partial charge in [-0.3, -0.25) is 4.40 Å². The van der Waals surface area contributed by atoms with Crippen LogP contribution in [0.5, 0.6) is 0 Å². The van der Waals surface area contributed by atoms with Crippen molar-refractivity contribution < 1.29 is 0 Å². The van der Waals surface area contributed by atoms with Crippen LogP contribution in [0, 0.1) is 3.57 Å². The summed E-state index contributed by atoms with van der Waals surface area (Å²) in [5.74, 6) is 0.831. The van der Waals surface area contributed by atoms with Crippen LogP contribution in [0.25, 0.3) is 16.7 Å². The molecule has 16 heavy (non-hydrogen) atoms. The third kappa shape index (κ3) is 1.42. The number of anilines is 1. The number of halogens is 1. The molecule has 0 fully saturated rings. The van der Waals surface area contributed by atoms with Gasteiger partial charge in [0.1, 0.15) is 17.8 Å². The molecule has 0 radical (unpaired) electrons. The van der Waals surface area contributed by atoms with E-state index < -0.39 is 0 Å². The average molecular weight is 320 g/mol. The summed E-state index contributed by atoms with van der Waals surface area (Å²) in [5, 5.41) is 3.01. The maximum absolute atomic E-state index is 4.56. The van der Waals surface area contributed by atoms with Crippen molar-refractivity contribution in [1.82, 2.24) is 14.4 Å². The molecule has 5 heteroatoms. The maximum atomic E-state index is 4.56. The first-order valence-corrected chi connectivity index (χ1v) is 5.97. The molecule has 0 amide bonds. The first-order valence-electron chi connectivity index (χ1n) is 4.89. The molecule has 4 nitrogen and oxygen atoms in total. The van der Waals surface area contributed by atoms with Crippen LogP contribution in [0.15, 0.2) is 30.6 Å². The quantitative estimate of drug-likeness (QED) is 0.701. The fourth-order valence-electron chi connectivity index (χ4n) is 1.73. The lowest BCUT2D eigenvalue weighted by atomic mass is 10.3. The third-order valence-electron chi connectivity index (χ3n) is 2.51. The highest BCUT2D eigenvalue weighted by atomic mass is 123. The van der Waals surface area contributed by atoms with Crippen LogP contribution in [-0.2, 0) is 0 Å². The second-order valence-electron chi connectivity index (χ2n) is 3.50. The van der Waals surface area contributed by atoms with Crippen molar-refractivity contribution in [3.8, 4) is 0 Å². The number of fused-ring (bicyclic) bond motifs is 3. The topological polar surface area (TPSA) is 42.2 Å². The van der Waals surface area contributed by atoms with Gasteiger partial charge in [0.15, 0.2) is 0 Å². The molecule has 2 aromatic heterocycles. The van der Waals surface area contributed by atoms with E-state index in [1.54, 1.807) is 6.33 Å². The van der Waals surface area contributed by atoms with Gasteiger partial charge in [0.2, 0.25) is 0 Å². The van der Waals surface area contributed by atoms with E-state index in [1.165, 1.54) is 3.57 Å². The molecule has 0 saturated heterocycles. The predicted octanol–water partition coefficient (Wildman–Crippen LogP) is 2.53. The summed E-state index contributed by atoms with van der Waals surface area (Å²) in [7, 11) is 1.85. The Balaban J connectivity index is 2.40. The molecule has 80 valence electrons. The van der Waals surface area contributed by atoms with Gasteiger partial charge in [-0.25, -0.2) is 9.97 Å². The molecule has 0 bridgehead atoms. The van der Waals surface area contributed by atoms with Crippen LogP contribution in [0.2, 0.25) is 0 Å². The number of nitrogens with one attached hydrogen (secondary N) is 1. The Kier molecular flexibility index (Phi) is 2.20. The minimum Gasteiger partial charge on any atom is -0.373 e. The number of hydrogen-bond acceptors (Lipinski definition) is 3. The summed E-state index contributed by atoms with van der Waals surface area (Å²) in [6.07, 6.45) is 1.80. The Morgan fingerprint density at radius 3 is 3.00 bits per heavy atom. The van der Waals surface area contributed by atoms with Gasteiger partial charge in [-0.1, -0.05) is 0 Å². The van der Waals surface area contributed by atoms with E-state index >= 15 is 0 Å². The highest BCUT2D eigenvalue weighted by Crippen LogP contribution is 2.19. The Morgan fingerprint density at radius 1 is 1.31 bits per heavy atom. The molecule has 3 aromatic rings. The standard InChI is InChI=1S/C11H9IN4/c1-13-10-5-11-15-8-4-7(12)2-3-9(8)16(11)6-14-10/h2-6,13H,1H3/i12-4. The molecule has 3 rings (SSSR count). The Morgan fingerprint density at radius 2 is 2.19 bits per heavy atom. The first-order chi connectivity index (χ1) is 7.78. The van der Waals surface area contributed by atoms with Crippen molar-refractivity contribution in [1.29, 1.82) is 0 Å². The Hall–Kier alpha value is -1.37. The van der Waals surface area contributed by atoms with E-state index in [9.17, 15) is 0 Å². The zero-order valence-electron chi connectivity index (χ0n) is 8.61. The summed E-state index contributed by atoms with van der Waals surface area (Å²) in [4.78, 5) is 8.84. The molecule has 0 aliphatic heterocycles. The molecule has 0 spiro atoms. The van der Waals surface area contributed by atoms with E-state index in [0.717, 1.165) is 22.5 Å². The van der Waals surface area contributed by atoms with Gasteiger partial charge >= 0.3 is 0 Å². The van der Waals surface area contributed by atoms with Crippen molar-refractivity contribution in [2.24, 2.45) is 0 Å². The van der Waals surface area contributed by atoms with E-state index in [0.29, 0.717) is 0 Å². The van der Waals surface area contributed by atoms with Crippen LogP contribution in [0.1, 0.15) is 0 Å². The molecule has 0 aliphatic rings. The van der Waals surface area contributed by atoms with Crippen molar-refractivity contribution in [3.05, 3.63) is 34.2 Å². The Labute approximate surface area is 106 Å². The fourth-order valence-corrected chi connectivity index (χ4v) is 2.20. The van der Waals surface area contributed by atoms with Crippen LogP contribution in [0.4, 0.5) is 5.82 Å². The lowest BCUT2D eigenvalue weighted by Gasteiger charge is -1.99. The predicted molar refractivity (Wildman–Crippen MR) is 72.8 cm³/mol. The highest BCUT2D eigenvalue weighted by Gasteiger charge is 2.05. The van der Waals surface area contributed by atoms with Crippen LogP contribution >= 0.6 is 22.6 Å². The van der Waals surface area contributed by atoms with E-state index in [-0.39, 0.29) is 0 Å². The molecule has 2 heterocycles. The van der Waals surface area contributed by atoms with Gasteiger partial charge in [0.05, 0.1) is 11.0 Å². The SMILES string of the molecule is CNc1cc2nc3cc([123I])ccc3n2cn1. The molecular weight excluding hydrogens is 311 g/mol. The molecule has 0 atom stereocenters.